The summed E-state index contributed by atoms with van der Waals surface area (Å²) in [6.45, 7) is 5.84. The van der Waals surface area contributed by atoms with E-state index in [1.807, 2.05) is 13.8 Å². The first-order valence-corrected chi connectivity index (χ1v) is 12.0. The number of nitrogens with one attached hydrogen (secondary N) is 3. The Morgan fingerprint density at radius 2 is 1.87 bits per heavy atom. The number of aryl methyl sites for hydroxylation is 2. The molecule has 4 aromatic rings. The summed E-state index contributed by atoms with van der Waals surface area (Å²) in [5, 5.41) is 13.0. The zero-order valence-corrected chi connectivity index (χ0v) is 21.7. The molecule has 3 N–H and O–H groups in total. The van der Waals surface area contributed by atoms with Crippen molar-refractivity contribution in [2.75, 3.05) is 24.4 Å². The van der Waals surface area contributed by atoms with E-state index in [-0.39, 0.29) is 17.5 Å². The minimum absolute atomic E-state index is 0.119. The van der Waals surface area contributed by atoms with Crippen LogP contribution in [0.15, 0.2) is 55.0 Å². The van der Waals surface area contributed by atoms with Gasteiger partial charge in [-0.1, -0.05) is 12.1 Å². The molecule has 2 amide bonds. The van der Waals surface area contributed by atoms with E-state index in [2.05, 4.69) is 26.0 Å². The molecule has 0 aliphatic rings. The van der Waals surface area contributed by atoms with Crippen LogP contribution in [0.5, 0.6) is 0 Å². The third-order valence-electron chi connectivity index (χ3n) is 6.07. The van der Waals surface area contributed by atoms with Crippen LogP contribution >= 0.6 is 0 Å². The first kappa shape index (κ1) is 27.6. The van der Waals surface area contributed by atoms with E-state index in [1.54, 1.807) is 42.9 Å². The molecule has 0 saturated carbocycles. The number of hydrogen-bond donors (Lipinski definition) is 3. The number of halogens is 3. The molecular formula is C27H27F3N6O3. The minimum Gasteiger partial charge on any atom is -0.383 e. The van der Waals surface area contributed by atoms with Gasteiger partial charge in [-0.05, 0) is 62.2 Å². The van der Waals surface area contributed by atoms with Gasteiger partial charge in [-0.3, -0.25) is 9.59 Å². The molecule has 204 valence electrons. The Bertz CT molecular complexity index is 1530. The quantitative estimate of drug-likeness (QED) is 0.286. The molecule has 0 fully saturated rings. The van der Waals surface area contributed by atoms with Crippen molar-refractivity contribution in [1.82, 2.24) is 19.9 Å². The highest BCUT2D eigenvalue weighted by Gasteiger charge is 2.31. The van der Waals surface area contributed by atoms with Crippen LogP contribution in [-0.2, 0) is 10.9 Å². The molecular weight excluding hydrogens is 513 g/mol. The van der Waals surface area contributed by atoms with Gasteiger partial charge < -0.3 is 20.7 Å². The van der Waals surface area contributed by atoms with Crippen LogP contribution in [0.1, 0.15) is 44.3 Å². The summed E-state index contributed by atoms with van der Waals surface area (Å²) >= 11 is 0. The van der Waals surface area contributed by atoms with Crippen LogP contribution in [0.3, 0.4) is 0 Å². The Morgan fingerprint density at radius 1 is 1.10 bits per heavy atom. The van der Waals surface area contributed by atoms with Crippen molar-refractivity contribution in [3.8, 4) is 0 Å². The van der Waals surface area contributed by atoms with Gasteiger partial charge in [0.25, 0.3) is 11.8 Å². The molecule has 0 bridgehead atoms. The molecule has 2 heterocycles. The first-order valence-electron chi connectivity index (χ1n) is 12.0. The highest BCUT2D eigenvalue weighted by atomic mass is 19.4. The zero-order chi connectivity index (χ0) is 28.3. The van der Waals surface area contributed by atoms with Crippen molar-refractivity contribution in [3.63, 3.8) is 0 Å². The summed E-state index contributed by atoms with van der Waals surface area (Å²) in [6, 6.07) is 9.08. The van der Waals surface area contributed by atoms with Gasteiger partial charge in [-0.25, -0.2) is 9.50 Å². The molecule has 2 aromatic heterocycles. The molecule has 9 nitrogen and oxygen atoms in total. The molecule has 0 aliphatic carbocycles. The Balaban J connectivity index is 1.59. The SMILES string of the molecule is COCC(C)NC(=O)c1cn2ncnc(Nc3cc(NC(=O)c4cccc(C(F)(F)F)c4)ccc3C)c2c1C. The fourth-order valence-corrected chi connectivity index (χ4v) is 4.08. The molecule has 1 atom stereocenters. The monoisotopic (exact) mass is 540 g/mol. The summed E-state index contributed by atoms with van der Waals surface area (Å²) in [4.78, 5) is 29.9. The van der Waals surface area contributed by atoms with Crippen molar-refractivity contribution in [2.24, 2.45) is 0 Å². The summed E-state index contributed by atoms with van der Waals surface area (Å²) in [6.07, 6.45) is -1.59. The summed E-state index contributed by atoms with van der Waals surface area (Å²) < 4.78 is 45.8. The lowest BCUT2D eigenvalue weighted by Gasteiger charge is -2.14. The highest BCUT2D eigenvalue weighted by molar-refractivity contribution is 6.04. The fourth-order valence-electron chi connectivity index (χ4n) is 4.08. The number of alkyl halides is 3. The van der Waals surface area contributed by atoms with E-state index in [0.29, 0.717) is 40.4 Å². The average Bonchev–Trinajstić information content (AvgIpc) is 3.23. The van der Waals surface area contributed by atoms with E-state index in [9.17, 15) is 22.8 Å². The van der Waals surface area contributed by atoms with E-state index < -0.39 is 17.6 Å². The Labute approximate surface area is 222 Å². The van der Waals surface area contributed by atoms with Gasteiger partial charge in [0.05, 0.1) is 17.7 Å². The van der Waals surface area contributed by atoms with Crippen LogP contribution in [0, 0.1) is 13.8 Å². The maximum atomic E-state index is 13.1. The lowest BCUT2D eigenvalue weighted by atomic mass is 10.1. The number of ether oxygens (including phenoxy) is 1. The third-order valence-corrected chi connectivity index (χ3v) is 6.07. The van der Waals surface area contributed by atoms with E-state index in [1.165, 1.54) is 18.5 Å². The number of nitrogens with zero attached hydrogens (tertiary/aromatic N) is 3. The number of benzene rings is 2. The van der Waals surface area contributed by atoms with E-state index >= 15 is 0 Å². The molecule has 0 saturated heterocycles. The predicted octanol–water partition coefficient (Wildman–Crippen LogP) is 5.13. The summed E-state index contributed by atoms with van der Waals surface area (Å²) in [7, 11) is 1.56. The first-order chi connectivity index (χ1) is 18.5. The number of methoxy groups -OCH3 is 1. The van der Waals surface area contributed by atoms with Gasteiger partial charge in [0, 0.05) is 36.3 Å². The van der Waals surface area contributed by atoms with Gasteiger partial charge in [0.2, 0.25) is 0 Å². The maximum Gasteiger partial charge on any atom is 0.416 e. The number of carbonyl (C=O) groups is 2. The van der Waals surface area contributed by atoms with E-state index in [4.69, 9.17) is 4.74 Å². The zero-order valence-electron chi connectivity index (χ0n) is 21.7. The van der Waals surface area contributed by atoms with Crippen molar-refractivity contribution in [2.45, 2.75) is 33.0 Å². The smallest absolute Gasteiger partial charge is 0.383 e. The number of aromatic nitrogens is 3. The molecule has 1 unspecified atom stereocenters. The van der Waals surface area contributed by atoms with Crippen molar-refractivity contribution < 1.29 is 27.5 Å². The topological polar surface area (TPSA) is 110 Å². The molecule has 0 spiro atoms. The predicted molar refractivity (Wildman–Crippen MR) is 140 cm³/mol. The highest BCUT2D eigenvalue weighted by Crippen LogP contribution is 2.31. The number of amides is 2. The standard InChI is InChI=1S/C27H27F3N6O3/c1-15-8-9-20(34-25(37)18-6-5-7-19(10-18)27(28,29)30)11-22(15)35-24-23-17(3)21(12-36(23)32-14-31-24)26(38)33-16(2)13-39-4/h5-12,14,16H,13H2,1-4H3,(H,33,38)(H,34,37)(H,31,32,35). The second-order valence-electron chi connectivity index (χ2n) is 9.09. The number of carbonyl (C=O) groups excluding carboxylic acids is 2. The van der Waals surface area contributed by atoms with Gasteiger partial charge in [-0.2, -0.15) is 18.3 Å². The lowest BCUT2D eigenvalue weighted by molar-refractivity contribution is -0.137. The molecule has 0 radical (unpaired) electrons. The van der Waals surface area contributed by atoms with Gasteiger partial charge in [0.1, 0.15) is 11.8 Å². The van der Waals surface area contributed by atoms with Crippen molar-refractivity contribution in [3.05, 3.63) is 82.8 Å². The lowest BCUT2D eigenvalue weighted by Crippen LogP contribution is -2.35. The Hall–Kier alpha value is -4.45. The summed E-state index contributed by atoms with van der Waals surface area (Å²) in [5.74, 6) is -0.527. The van der Waals surface area contributed by atoms with Gasteiger partial charge in [-0.15, -0.1) is 0 Å². The normalized spacial score (nSPS) is 12.3. The van der Waals surface area contributed by atoms with Crippen molar-refractivity contribution >= 4 is 34.5 Å². The third kappa shape index (κ3) is 6.17. The van der Waals surface area contributed by atoms with Crippen LogP contribution in [0.25, 0.3) is 5.52 Å². The van der Waals surface area contributed by atoms with Crippen LogP contribution in [0.2, 0.25) is 0 Å². The van der Waals surface area contributed by atoms with E-state index in [0.717, 1.165) is 17.7 Å². The maximum absolute atomic E-state index is 13.1. The molecule has 39 heavy (non-hydrogen) atoms. The van der Waals surface area contributed by atoms with Crippen LogP contribution < -0.4 is 16.0 Å². The Morgan fingerprint density at radius 3 is 2.59 bits per heavy atom. The van der Waals surface area contributed by atoms with Crippen LogP contribution in [-0.4, -0.2) is 46.2 Å². The summed E-state index contributed by atoms with van der Waals surface area (Å²) in [5.41, 5.74) is 2.43. The molecule has 2 aromatic carbocycles. The average molecular weight is 541 g/mol. The Kier molecular flexibility index (Phi) is 7.86. The fraction of sp³-hybridized carbons (Fsp3) is 0.259. The molecule has 0 aliphatic heterocycles. The van der Waals surface area contributed by atoms with Gasteiger partial charge >= 0.3 is 6.18 Å². The van der Waals surface area contributed by atoms with Crippen molar-refractivity contribution in [1.29, 1.82) is 0 Å². The van der Waals surface area contributed by atoms with Crippen LogP contribution in [0.4, 0.5) is 30.4 Å². The number of anilines is 3. The molecule has 12 heteroatoms. The number of fused-ring (bicyclic) bond motifs is 1. The second-order valence-corrected chi connectivity index (χ2v) is 9.09. The van der Waals surface area contributed by atoms with Gasteiger partial charge in [0.15, 0.2) is 5.82 Å². The minimum atomic E-state index is -4.56. The largest absolute Gasteiger partial charge is 0.416 e. The number of rotatable bonds is 8. The molecule has 4 rings (SSSR count). The second kappa shape index (κ2) is 11.1. The number of hydrogen-bond acceptors (Lipinski definition) is 6.